The molecule has 3 rings (SSSR count). The van der Waals surface area contributed by atoms with E-state index in [0.29, 0.717) is 55.8 Å². The lowest BCUT2D eigenvalue weighted by molar-refractivity contribution is -0.143. The number of hydrogen-bond donors (Lipinski definition) is 1. The Balaban J connectivity index is 1.71. The summed E-state index contributed by atoms with van der Waals surface area (Å²) in [6, 6.07) is 12.2. The minimum atomic E-state index is -3.85. The number of esters is 2. The minimum absolute atomic E-state index is 0.154. The molecule has 0 radical (unpaired) electrons. The Bertz CT molecular complexity index is 1350. The summed E-state index contributed by atoms with van der Waals surface area (Å²) in [6.45, 7) is 4.56. The van der Waals surface area contributed by atoms with Crippen LogP contribution < -0.4 is 9.62 Å². The zero-order valence-electron chi connectivity index (χ0n) is 22.7. The number of carbonyl (C=O) groups is 3. The van der Waals surface area contributed by atoms with Crippen LogP contribution in [-0.4, -0.2) is 57.6 Å². The van der Waals surface area contributed by atoms with Crippen molar-refractivity contribution in [1.29, 1.82) is 5.26 Å². The topological polar surface area (TPSA) is 156 Å². The van der Waals surface area contributed by atoms with Crippen molar-refractivity contribution in [3.8, 4) is 6.07 Å². The molecule has 1 aromatic heterocycles. The SMILES string of the molecule is CCOC(=O)CCCc1nc(N2CCC(C(=O)NS(=O)(=O)Cc3ccccc3)CC2)c(C#N)cc1C(=O)OCC. The summed E-state index contributed by atoms with van der Waals surface area (Å²) in [5.41, 5.74) is 1.34. The second-order valence-corrected chi connectivity index (χ2v) is 11.0. The summed E-state index contributed by atoms with van der Waals surface area (Å²) in [7, 11) is -3.85. The van der Waals surface area contributed by atoms with Crippen LogP contribution in [-0.2, 0) is 41.3 Å². The normalized spacial score (nSPS) is 13.8. The number of piperidine rings is 1. The maximum atomic E-state index is 12.8. The van der Waals surface area contributed by atoms with Crippen molar-refractivity contribution in [2.75, 3.05) is 31.2 Å². The van der Waals surface area contributed by atoms with Gasteiger partial charge in [0.15, 0.2) is 0 Å². The van der Waals surface area contributed by atoms with Gasteiger partial charge in [0.2, 0.25) is 15.9 Å². The summed E-state index contributed by atoms with van der Waals surface area (Å²) >= 11 is 0. The van der Waals surface area contributed by atoms with Gasteiger partial charge in [0.25, 0.3) is 0 Å². The third kappa shape index (κ3) is 8.51. The van der Waals surface area contributed by atoms with Crippen LogP contribution in [0.3, 0.4) is 0 Å². The molecular formula is C28H34N4O7S. The highest BCUT2D eigenvalue weighted by Gasteiger charge is 2.30. The first-order valence-electron chi connectivity index (χ1n) is 13.3. The molecule has 2 heterocycles. The summed E-state index contributed by atoms with van der Waals surface area (Å²) in [5, 5.41) is 9.81. The first-order valence-corrected chi connectivity index (χ1v) is 14.9. The third-order valence-electron chi connectivity index (χ3n) is 6.42. The predicted octanol–water partition coefficient (Wildman–Crippen LogP) is 2.88. The molecule has 0 atom stereocenters. The maximum Gasteiger partial charge on any atom is 0.340 e. The fourth-order valence-corrected chi connectivity index (χ4v) is 5.67. The van der Waals surface area contributed by atoms with Gasteiger partial charge >= 0.3 is 11.9 Å². The number of nitrogens with zero attached hydrogens (tertiary/aromatic N) is 3. The number of hydrogen-bond acceptors (Lipinski definition) is 10. The lowest BCUT2D eigenvalue weighted by atomic mass is 9.96. The Morgan fingerprint density at radius 3 is 2.40 bits per heavy atom. The van der Waals surface area contributed by atoms with Crippen LogP contribution in [0.5, 0.6) is 0 Å². The van der Waals surface area contributed by atoms with Crippen molar-refractivity contribution in [3.05, 3.63) is 58.8 Å². The highest BCUT2D eigenvalue weighted by Crippen LogP contribution is 2.28. The van der Waals surface area contributed by atoms with Gasteiger partial charge in [0.05, 0.1) is 35.8 Å². The number of ether oxygens (including phenoxy) is 2. The molecule has 0 aliphatic carbocycles. The van der Waals surface area contributed by atoms with Gasteiger partial charge in [-0.1, -0.05) is 30.3 Å². The van der Waals surface area contributed by atoms with Crippen molar-refractivity contribution < 1.29 is 32.3 Å². The van der Waals surface area contributed by atoms with Gasteiger partial charge in [-0.05, 0) is 51.2 Å². The number of aryl methyl sites for hydroxylation is 1. The monoisotopic (exact) mass is 570 g/mol. The average Bonchev–Trinajstić information content (AvgIpc) is 2.93. The first-order chi connectivity index (χ1) is 19.2. The Morgan fingerprint density at radius 2 is 1.77 bits per heavy atom. The zero-order valence-corrected chi connectivity index (χ0v) is 23.5. The smallest absolute Gasteiger partial charge is 0.340 e. The molecule has 11 nitrogen and oxygen atoms in total. The number of aromatic nitrogens is 1. The molecule has 1 aliphatic heterocycles. The summed E-state index contributed by atoms with van der Waals surface area (Å²) in [4.78, 5) is 43.6. The molecular weight excluding hydrogens is 536 g/mol. The molecule has 12 heteroatoms. The van der Waals surface area contributed by atoms with Crippen LogP contribution in [0.4, 0.5) is 5.82 Å². The minimum Gasteiger partial charge on any atom is -0.466 e. The molecule has 1 aromatic carbocycles. The van der Waals surface area contributed by atoms with Gasteiger partial charge in [0, 0.05) is 25.4 Å². The summed E-state index contributed by atoms with van der Waals surface area (Å²) in [5.74, 6) is -1.94. The van der Waals surface area contributed by atoms with Gasteiger partial charge in [0.1, 0.15) is 11.9 Å². The molecule has 214 valence electrons. The van der Waals surface area contributed by atoms with Crippen molar-refractivity contribution in [3.63, 3.8) is 0 Å². The number of nitriles is 1. The number of amides is 1. The Kier molecular flexibility index (Phi) is 11.0. The van der Waals surface area contributed by atoms with Gasteiger partial charge in [-0.2, -0.15) is 5.26 Å². The number of anilines is 1. The van der Waals surface area contributed by atoms with Crippen LogP contribution in [0.1, 0.15) is 66.7 Å². The lowest BCUT2D eigenvalue weighted by Gasteiger charge is -2.33. The van der Waals surface area contributed by atoms with E-state index in [2.05, 4.69) is 15.8 Å². The second-order valence-electron chi connectivity index (χ2n) is 9.32. The van der Waals surface area contributed by atoms with Crippen LogP contribution in [0, 0.1) is 17.2 Å². The maximum absolute atomic E-state index is 12.8. The van der Waals surface area contributed by atoms with Crippen molar-refractivity contribution in [2.24, 2.45) is 5.92 Å². The highest BCUT2D eigenvalue weighted by atomic mass is 32.2. The number of benzene rings is 1. The molecule has 1 saturated heterocycles. The van der Waals surface area contributed by atoms with Gasteiger partial charge in [-0.15, -0.1) is 0 Å². The van der Waals surface area contributed by atoms with Gasteiger partial charge in [-0.25, -0.2) is 18.2 Å². The number of rotatable bonds is 12. The van der Waals surface area contributed by atoms with E-state index in [1.807, 2.05) is 4.90 Å². The predicted molar refractivity (Wildman–Crippen MR) is 147 cm³/mol. The molecule has 2 aromatic rings. The van der Waals surface area contributed by atoms with E-state index >= 15 is 0 Å². The Hall–Kier alpha value is -3.98. The van der Waals surface area contributed by atoms with Crippen molar-refractivity contribution in [1.82, 2.24) is 9.71 Å². The molecule has 0 bridgehead atoms. The van der Waals surface area contributed by atoms with E-state index in [1.165, 1.54) is 6.07 Å². The Labute approximate surface area is 234 Å². The third-order valence-corrected chi connectivity index (χ3v) is 7.64. The van der Waals surface area contributed by atoms with Crippen LogP contribution in [0.2, 0.25) is 0 Å². The molecule has 1 N–H and O–H groups in total. The van der Waals surface area contributed by atoms with E-state index in [-0.39, 0.29) is 42.5 Å². The quantitative estimate of drug-likeness (QED) is 0.377. The largest absolute Gasteiger partial charge is 0.466 e. The van der Waals surface area contributed by atoms with Crippen LogP contribution >= 0.6 is 0 Å². The Morgan fingerprint density at radius 1 is 1.10 bits per heavy atom. The molecule has 40 heavy (non-hydrogen) atoms. The molecule has 1 aliphatic rings. The second kappa shape index (κ2) is 14.4. The lowest BCUT2D eigenvalue weighted by Crippen LogP contribution is -2.43. The fourth-order valence-electron chi connectivity index (χ4n) is 4.49. The molecule has 1 fully saturated rings. The molecule has 0 spiro atoms. The highest BCUT2D eigenvalue weighted by molar-refractivity contribution is 7.89. The van der Waals surface area contributed by atoms with E-state index in [9.17, 15) is 28.1 Å². The first kappa shape index (κ1) is 30.6. The van der Waals surface area contributed by atoms with Crippen molar-refractivity contribution in [2.45, 2.75) is 51.7 Å². The number of nitrogens with one attached hydrogen (secondary N) is 1. The summed E-state index contributed by atoms with van der Waals surface area (Å²) in [6.07, 6.45) is 1.56. The molecule has 0 unspecified atom stereocenters. The molecule has 1 amide bonds. The number of carbonyl (C=O) groups excluding carboxylic acids is 3. The standard InChI is InChI=1S/C28H34N4O7S/c1-3-38-25(33)12-8-11-24-23(28(35)39-4-2)17-22(18-29)26(30-24)32-15-13-21(14-16-32)27(34)31-40(36,37)19-20-9-6-5-7-10-20/h5-7,9-10,17,21H,3-4,8,11-16,19H2,1-2H3,(H,31,34). The summed E-state index contributed by atoms with van der Waals surface area (Å²) < 4.78 is 37.3. The van der Waals surface area contributed by atoms with Gasteiger partial charge < -0.3 is 14.4 Å². The van der Waals surface area contributed by atoms with E-state index in [4.69, 9.17) is 9.47 Å². The van der Waals surface area contributed by atoms with E-state index in [1.54, 1.807) is 44.2 Å². The number of sulfonamides is 1. The van der Waals surface area contributed by atoms with E-state index < -0.39 is 27.8 Å². The van der Waals surface area contributed by atoms with Crippen LogP contribution in [0.15, 0.2) is 36.4 Å². The average molecular weight is 571 g/mol. The van der Waals surface area contributed by atoms with Gasteiger partial charge in [-0.3, -0.25) is 14.3 Å². The molecule has 0 saturated carbocycles. The van der Waals surface area contributed by atoms with Crippen molar-refractivity contribution >= 4 is 33.7 Å². The number of pyridine rings is 1. The van der Waals surface area contributed by atoms with Crippen LogP contribution in [0.25, 0.3) is 0 Å². The zero-order chi connectivity index (χ0) is 29.1. The fraction of sp³-hybridized carbons (Fsp3) is 0.464. The van der Waals surface area contributed by atoms with E-state index in [0.717, 1.165) is 0 Å².